The topological polar surface area (TPSA) is 55.1 Å². The summed E-state index contributed by atoms with van der Waals surface area (Å²) >= 11 is 3.39. The second kappa shape index (κ2) is 5.66. The number of carbonyl (C=O) groups is 1. The molecule has 5 heteroatoms. The molecule has 1 aromatic carbocycles. The summed E-state index contributed by atoms with van der Waals surface area (Å²) in [5.41, 5.74) is 6.52. The van der Waals surface area contributed by atoms with Gasteiger partial charge in [-0.2, -0.15) is 11.8 Å². The lowest BCUT2D eigenvalue weighted by Crippen LogP contribution is -2.38. The molecule has 20 heavy (non-hydrogen) atoms. The van der Waals surface area contributed by atoms with E-state index in [-0.39, 0.29) is 5.91 Å². The summed E-state index contributed by atoms with van der Waals surface area (Å²) in [5, 5.41) is 4.80. The number of anilines is 1. The third kappa shape index (κ3) is 2.65. The maximum Gasteiger partial charge on any atom is 0.261 e. The van der Waals surface area contributed by atoms with Gasteiger partial charge in [-0.25, -0.2) is 0 Å². The Morgan fingerprint density at radius 1 is 1.40 bits per heavy atom. The molecule has 0 bridgehead atoms. The van der Waals surface area contributed by atoms with Gasteiger partial charge in [0.05, 0.1) is 4.88 Å². The normalized spacial score (nSPS) is 22.2. The highest BCUT2D eigenvalue weighted by atomic mass is 32.2. The standard InChI is InChI=1S/C15H18N2OS2/c1-19-13-4-2-3-11(13)17-15(18)14-8-9-7-10(16)5-6-12(9)20-14/h5-8,11,13H,2-4,16H2,1H3,(H,17,18). The highest BCUT2D eigenvalue weighted by Gasteiger charge is 2.28. The fourth-order valence-corrected chi connectivity index (χ4v) is 4.67. The Labute approximate surface area is 126 Å². The molecule has 106 valence electrons. The SMILES string of the molecule is CSC1CCCC1NC(=O)c1cc2cc(N)ccc2s1. The van der Waals surface area contributed by atoms with Crippen LogP contribution in [-0.2, 0) is 0 Å². The minimum absolute atomic E-state index is 0.0516. The summed E-state index contributed by atoms with van der Waals surface area (Å²) in [6.45, 7) is 0. The van der Waals surface area contributed by atoms with Crippen LogP contribution in [0.5, 0.6) is 0 Å². The molecule has 1 heterocycles. The molecule has 3 nitrogen and oxygen atoms in total. The van der Waals surface area contributed by atoms with Crippen LogP contribution in [-0.4, -0.2) is 23.5 Å². The van der Waals surface area contributed by atoms with E-state index in [1.165, 1.54) is 24.2 Å². The van der Waals surface area contributed by atoms with Gasteiger partial charge in [0.15, 0.2) is 0 Å². The van der Waals surface area contributed by atoms with Crippen molar-refractivity contribution in [3.63, 3.8) is 0 Å². The van der Waals surface area contributed by atoms with Gasteiger partial charge in [0.1, 0.15) is 0 Å². The first-order chi connectivity index (χ1) is 9.67. The van der Waals surface area contributed by atoms with Gasteiger partial charge in [0.2, 0.25) is 0 Å². The van der Waals surface area contributed by atoms with E-state index < -0.39 is 0 Å². The molecule has 1 aliphatic carbocycles. The number of nitrogen functional groups attached to an aromatic ring is 1. The zero-order valence-electron chi connectivity index (χ0n) is 11.4. The number of rotatable bonds is 3. The maximum absolute atomic E-state index is 12.4. The van der Waals surface area contributed by atoms with Gasteiger partial charge in [-0.3, -0.25) is 4.79 Å². The average molecular weight is 306 g/mol. The Morgan fingerprint density at radius 3 is 3.05 bits per heavy atom. The number of amides is 1. The molecule has 2 atom stereocenters. The van der Waals surface area contributed by atoms with Crippen molar-refractivity contribution in [3.8, 4) is 0 Å². The first-order valence-electron chi connectivity index (χ1n) is 6.80. The fraction of sp³-hybridized carbons (Fsp3) is 0.400. The van der Waals surface area contributed by atoms with E-state index in [0.717, 1.165) is 27.1 Å². The van der Waals surface area contributed by atoms with Crippen LogP contribution >= 0.6 is 23.1 Å². The Morgan fingerprint density at radius 2 is 2.25 bits per heavy atom. The smallest absolute Gasteiger partial charge is 0.261 e. The molecule has 3 rings (SSSR count). The zero-order chi connectivity index (χ0) is 14.1. The van der Waals surface area contributed by atoms with Crippen molar-refractivity contribution >= 4 is 44.8 Å². The Balaban J connectivity index is 1.78. The van der Waals surface area contributed by atoms with E-state index in [2.05, 4.69) is 11.6 Å². The Hall–Kier alpha value is -1.20. The van der Waals surface area contributed by atoms with Crippen LogP contribution in [0.1, 0.15) is 28.9 Å². The minimum atomic E-state index is 0.0516. The summed E-state index contributed by atoms with van der Waals surface area (Å²) in [5.74, 6) is 0.0516. The monoisotopic (exact) mass is 306 g/mol. The summed E-state index contributed by atoms with van der Waals surface area (Å²) in [6.07, 6.45) is 5.63. The quantitative estimate of drug-likeness (QED) is 0.853. The highest BCUT2D eigenvalue weighted by molar-refractivity contribution is 7.99. The van der Waals surface area contributed by atoms with Gasteiger partial charge < -0.3 is 11.1 Å². The molecule has 0 radical (unpaired) electrons. The highest BCUT2D eigenvalue weighted by Crippen LogP contribution is 2.30. The van der Waals surface area contributed by atoms with E-state index in [1.54, 1.807) is 0 Å². The minimum Gasteiger partial charge on any atom is -0.399 e. The molecule has 3 N–H and O–H groups in total. The van der Waals surface area contributed by atoms with E-state index in [4.69, 9.17) is 5.73 Å². The van der Waals surface area contributed by atoms with Crippen molar-refractivity contribution in [2.45, 2.75) is 30.6 Å². The van der Waals surface area contributed by atoms with Crippen LogP contribution in [0, 0.1) is 0 Å². The van der Waals surface area contributed by atoms with Gasteiger partial charge in [-0.15, -0.1) is 11.3 Å². The number of thiophene rings is 1. The molecule has 2 aromatic rings. The molecule has 1 amide bonds. The van der Waals surface area contributed by atoms with Crippen molar-refractivity contribution in [1.29, 1.82) is 0 Å². The number of hydrogen-bond acceptors (Lipinski definition) is 4. The summed E-state index contributed by atoms with van der Waals surface area (Å²) in [6, 6.07) is 8.03. The van der Waals surface area contributed by atoms with Crippen LogP contribution in [0.25, 0.3) is 10.1 Å². The molecule has 0 aliphatic heterocycles. The number of fused-ring (bicyclic) bond motifs is 1. The molecule has 1 saturated carbocycles. The predicted molar refractivity (Wildman–Crippen MR) is 88.6 cm³/mol. The van der Waals surface area contributed by atoms with Crippen LogP contribution in [0.2, 0.25) is 0 Å². The lowest BCUT2D eigenvalue weighted by Gasteiger charge is -2.18. The van der Waals surface area contributed by atoms with Crippen LogP contribution in [0.4, 0.5) is 5.69 Å². The molecule has 1 aromatic heterocycles. The van der Waals surface area contributed by atoms with Gasteiger partial charge in [-0.05, 0) is 48.7 Å². The molecular weight excluding hydrogens is 288 g/mol. The Kier molecular flexibility index (Phi) is 3.89. The third-order valence-corrected chi connectivity index (χ3v) is 6.12. The molecule has 0 saturated heterocycles. The molecule has 0 spiro atoms. The van der Waals surface area contributed by atoms with E-state index >= 15 is 0 Å². The summed E-state index contributed by atoms with van der Waals surface area (Å²) in [4.78, 5) is 13.2. The lowest BCUT2D eigenvalue weighted by atomic mass is 10.2. The van der Waals surface area contributed by atoms with Crippen LogP contribution in [0.15, 0.2) is 24.3 Å². The number of carbonyl (C=O) groups excluding carboxylic acids is 1. The van der Waals surface area contributed by atoms with E-state index in [0.29, 0.717) is 11.3 Å². The number of nitrogens with one attached hydrogen (secondary N) is 1. The molecule has 1 fully saturated rings. The molecule has 1 aliphatic rings. The summed E-state index contributed by atoms with van der Waals surface area (Å²) < 4.78 is 1.11. The number of nitrogens with two attached hydrogens (primary N) is 1. The number of hydrogen-bond donors (Lipinski definition) is 2. The van der Waals surface area contributed by atoms with Gasteiger partial charge in [0, 0.05) is 21.7 Å². The van der Waals surface area contributed by atoms with Gasteiger partial charge in [-0.1, -0.05) is 6.42 Å². The van der Waals surface area contributed by atoms with Gasteiger partial charge >= 0.3 is 0 Å². The first kappa shape index (κ1) is 13.8. The second-order valence-corrected chi connectivity index (χ2v) is 7.35. The second-order valence-electron chi connectivity index (χ2n) is 5.19. The van der Waals surface area contributed by atoms with Crippen LogP contribution < -0.4 is 11.1 Å². The largest absolute Gasteiger partial charge is 0.399 e. The lowest BCUT2D eigenvalue weighted by molar-refractivity contribution is 0.0943. The first-order valence-corrected chi connectivity index (χ1v) is 8.90. The van der Waals surface area contributed by atoms with Crippen molar-refractivity contribution in [1.82, 2.24) is 5.32 Å². The van der Waals surface area contributed by atoms with Crippen molar-refractivity contribution < 1.29 is 4.79 Å². The predicted octanol–water partition coefficient (Wildman–Crippen LogP) is 3.50. The van der Waals surface area contributed by atoms with Crippen molar-refractivity contribution in [3.05, 3.63) is 29.1 Å². The summed E-state index contributed by atoms with van der Waals surface area (Å²) in [7, 11) is 0. The number of benzene rings is 1. The van der Waals surface area contributed by atoms with Crippen molar-refractivity contribution in [2.75, 3.05) is 12.0 Å². The average Bonchev–Trinajstić information content (AvgIpc) is 3.04. The zero-order valence-corrected chi connectivity index (χ0v) is 13.0. The molecular formula is C15H18N2OS2. The Bertz CT molecular complexity index is 638. The fourth-order valence-electron chi connectivity index (χ4n) is 2.79. The number of thioether (sulfide) groups is 1. The van der Waals surface area contributed by atoms with Crippen LogP contribution in [0.3, 0.4) is 0 Å². The third-order valence-electron chi connectivity index (χ3n) is 3.84. The van der Waals surface area contributed by atoms with E-state index in [9.17, 15) is 4.79 Å². The molecule has 2 unspecified atom stereocenters. The van der Waals surface area contributed by atoms with Gasteiger partial charge in [0.25, 0.3) is 5.91 Å². The van der Waals surface area contributed by atoms with E-state index in [1.807, 2.05) is 36.0 Å². The maximum atomic E-state index is 12.4. The van der Waals surface area contributed by atoms with Crippen molar-refractivity contribution in [2.24, 2.45) is 0 Å².